The van der Waals surface area contributed by atoms with Gasteiger partial charge in [0.2, 0.25) is 0 Å². The molecule has 0 aliphatic carbocycles. The summed E-state index contributed by atoms with van der Waals surface area (Å²) in [5.74, 6) is 2.01. The van der Waals surface area contributed by atoms with Gasteiger partial charge in [-0.25, -0.2) is 14.7 Å². The van der Waals surface area contributed by atoms with Crippen molar-refractivity contribution in [1.82, 2.24) is 25.0 Å². The molecular weight excluding hydrogens is 386 g/mol. The second-order valence-electron chi connectivity index (χ2n) is 7.80. The van der Waals surface area contributed by atoms with Crippen molar-refractivity contribution in [2.24, 2.45) is 4.99 Å². The van der Waals surface area contributed by atoms with Crippen LogP contribution in [0, 0.1) is 13.8 Å². The first-order valence-electron chi connectivity index (χ1n) is 11.0. The van der Waals surface area contributed by atoms with Gasteiger partial charge in [-0.15, -0.1) is 0 Å². The molecule has 0 atom stereocenters. The van der Waals surface area contributed by atoms with Crippen molar-refractivity contribution in [3.05, 3.63) is 71.7 Å². The van der Waals surface area contributed by atoms with Crippen LogP contribution in [0.1, 0.15) is 23.9 Å². The Labute approximate surface area is 184 Å². The fourth-order valence-corrected chi connectivity index (χ4v) is 4.00. The summed E-state index contributed by atoms with van der Waals surface area (Å²) in [4.78, 5) is 14.1. The Morgan fingerprint density at radius 3 is 2.48 bits per heavy atom. The van der Waals surface area contributed by atoms with Crippen LogP contribution in [0.15, 0.2) is 59.7 Å². The Bertz CT molecular complexity index is 1020. The van der Waals surface area contributed by atoms with Gasteiger partial charge in [-0.2, -0.15) is 5.10 Å². The third kappa shape index (κ3) is 4.87. The highest BCUT2D eigenvalue weighted by Gasteiger charge is 2.20. The van der Waals surface area contributed by atoms with E-state index < -0.39 is 0 Å². The van der Waals surface area contributed by atoms with Gasteiger partial charge in [0.15, 0.2) is 5.96 Å². The van der Waals surface area contributed by atoms with Gasteiger partial charge in [-0.1, -0.05) is 24.3 Å². The number of anilines is 1. The lowest BCUT2D eigenvalue weighted by Gasteiger charge is -2.37. The zero-order valence-corrected chi connectivity index (χ0v) is 18.6. The van der Waals surface area contributed by atoms with Gasteiger partial charge >= 0.3 is 0 Å². The van der Waals surface area contributed by atoms with E-state index in [1.165, 1.54) is 0 Å². The fourth-order valence-electron chi connectivity index (χ4n) is 4.00. The van der Waals surface area contributed by atoms with E-state index in [9.17, 15) is 0 Å². The Morgan fingerprint density at radius 2 is 1.81 bits per heavy atom. The van der Waals surface area contributed by atoms with Crippen LogP contribution in [-0.2, 0) is 6.54 Å². The molecule has 7 nitrogen and oxygen atoms in total. The van der Waals surface area contributed by atoms with Gasteiger partial charge < -0.3 is 15.1 Å². The number of rotatable bonds is 5. The van der Waals surface area contributed by atoms with Gasteiger partial charge in [-0.05, 0) is 50.6 Å². The molecule has 1 saturated heterocycles. The summed E-state index contributed by atoms with van der Waals surface area (Å²) < 4.78 is 2.01. The molecule has 0 bridgehead atoms. The SMILES string of the molecule is CCNC(=NCc1ccccc1-n1nc(C)cc1C)N1CCN(c2ccccn2)CC1. The standard InChI is InChI=1S/C24H31N7/c1-4-25-24(30-15-13-29(14-16-30)23-11-7-8-12-26-23)27-18-21-9-5-6-10-22(21)31-20(3)17-19(2)28-31/h5-12,17H,4,13-16,18H2,1-3H3,(H,25,27). The zero-order valence-electron chi connectivity index (χ0n) is 18.6. The molecule has 0 saturated carbocycles. The van der Waals surface area contributed by atoms with Crippen LogP contribution in [0.4, 0.5) is 5.82 Å². The number of nitrogens with one attached hydrogen (secondary N) is 1. The Morgan fingerprint density at radius 1 is 1.03 bits per heavy atom. The number of para-hydroxylation sites is 1. The van der Waals surface area contributed by atoms with Crippen LogP contribution < -0.4 is 10.2 Å². The highest BCUT2D eigenvalue weighted by Crippen LogP contribution is 2.18. The molecule has 3 aromatic rings. The summed E-state index contributed by atoms with van der Waals surface area (Å²) in [6, 6.07) is 16.6. The molecule has 0 unspecified atom stereocenters. The van der Waals surface area contributed by atoms with Crippen LogP contribution in [-0.4, -0.2) is 58.3 Å². The minimum absolute atomic E-state index is 0.608. The summed E-state index contributed by atoms with van der Waals surface area (Å²) in [6.07, 6.45) is 1.85. The third-order valence-electron chi connectivity index (χ3n) is 5.52. The third-order valence-corrected chi connectivity index (χ3v) is 5.52. The second kappa shape index (κ2) is 9.64. The molecule has 7 heteroatoms. The zero-order chi connectivity index (χ0) is 21.6. The lowest BCUT2D eigenvalue weighted by Crippen LogP contribution is -2.52. The second-order valence-corrected chi connectivity index (χ2v) is 7.80. The minimum Gasteiger partial charge on any atom is -0.357 e. The van der Waals surface area contributed by atoms with E-state index in [-0.39, 0.29) is 0 Å². The summed E-state index contributed by atoms with van der Waals surface area (Å²) in [6.45, 7) is 11.4. The molecule has 0 spiro atoms. The maximum absolute atomic E-state index is 4.98. The lowest BCUT2D eigenvalue weighted by molar-refractivity contribution is 0.371. The molecule has 1 aliphatic heterocycles. The molecule has 2 aromatic heterocycles. The molecule has 0 radical (unpaired) electrons. The van der Waals surface area contributed by atoms with Crippen molar-refractivity contribution in [3.63, 3.8) is 0 Å². The summed E-state index contributed by atoms with van der Waals surface area (Å²) in [7, 11) is 0. The summed E-state index contributed by atoms with van der Waals surface area (Å²) in [5, 5.41) is 8.13. The number of benzene rings is 1. The van der Waals surface area contributed by atoms with Gasteiger partial charge in [0, 0.05) is 44.6 Å². The number of piperazine rings is 1. The van der Waals surface area contributed by atoms with E-state index >= 15 is 0 Å². The average Bonchev–Trinajstić information content (AvgIpc) is 3.15. The smallest absolute Gasteiger partial charge is 0.194 e. The van der Waals surface area contributed by atoms with Crippen molar-refractivity contribution in [1.29, 1.82) is 0 Å². The number of hydrogen-bond donors (Lipinski definition) is 1. The molecule has 1 aromatic carbocycles. The normalized spacial score (nSPS) is 14.7. The van der Waals surface area contributed by atoms with Crippen molar-refractivity contribution in [2.45, 2.75) is 27.3 Å². The van der Waals surface area contributed by atoms with Gasteiger partial charge in [0.1, 0.15) is 5.82 Å². The number of aryl methyl sites for hydroxylation is 2. The van der Waals surface area contributed by atoms with Crippen molar-refractivity contribution >= 4 is 11.8 Å². The van der Waals surface area contributed by atoms with Gasteiger partial charge in [0.05, 0.1) is 17.9 Å². The number of aliphatic imine (C=N–C) groups is 1. The Kier molecular flexibility index (Phi) is 6.50. The van der Waals surface area contributed by atoms with Crippen LogP contribution in [0.5, 0.6) is 0 Å². The van der Waals surface area contributed by atoms with E-state index in [1.807, 2.05) is 29.9 Å². The first kappa shape index (κ1) is 20.9. The first-order valence-corrected chi connectivity index (χ1v) is 11.0. The summed E-state index contributed by atoms with van der Waals surface area (Å²) >= 11 is 0. The molecule has 4 rings (SSSR count). The van der Waals surface area contributed by atoms with Crippen LogP contribution in [0.2, 0.25) is 0 Å². The largest absolute Gasteiger partial charge is 0.357 e. The fraction of sp³-hybridized carbons (Fsp3) is 0.375. The quantitative estimate of drug-likeness (QED) is 0.510. The molecular formula is C24H31N7. The van der Waals surface area contributed by atoms with E-state index in [0.717, 1.165) is 67.1 Å². The van der Waals surface area contributed by atoms with Crippen molar-refractivity contribution < 1.29 is 0 Å². The number of nitrogens with zero attached hydrogens (tertiary/aromatic N) is 6. The topological polar surface area (TPSA) is 61.6 Å². The molecule has 31 heavy (non-hydrogen) atoms. The Balaban J connectivity index is 1.49. The maximum Gasteiger partial charge on any atom is 0.194 e. The van der Waals surface area contributed by atoms with E-state index in [2.05, 4.69) is 75.4 Å². The predicted octanol–water partition coefficient (Wildman–Crippen LogP) is 3.17. The molecule has 1 N–H and O–H groups in total. The van der Waals surface area contributed by atoms with Crippen molar-refractivity contribution in [3.8, 4) is 5.69 Å². The van der Waals surface area contributed by atoms with Gasteiger partial charge in [-0.3, -0.25) is 0 Å². The predicted molar refractivity (Wildman–Crippen MR) is 126 cm³/mol. The Hall–Kier alpha value is -3.35. The lowest BCUT2D eigenvalue weighted by atomic mass is 10.2. The first-order chi connectivity index (χ1) is 15.2. The number of aromatic nitrogens is 3. The van der Waals surface area contributed by atoms with Crippen LogP contribution >= 0.6 is 0 Å². The number of pyridine rings is 1. The minimum atomic E-state index is 0.608. The molecule has 162 valence electrons. The van der Waals surface area contributed by atoms with Crippen molar-refractivity contribution in [2.75, 3.05) is 37.6 Å². The van der Waals surface area contributed by atoms with E-state index in [4.69, 9.17) is 4.99 Å². The maximum atomic E-state index is 4.98. The monoisotopic (exact) mass is 417 g/mol. The molecule has 1 fully saturated rings. The number of guanidine groups is 1. The highest BCUT2D eigenvalue weighted by molar-refractivity contribution is 5.80. The average molecular weight is 418 g/mol. The van der Waals surface area contributed by atoms with E-state index in [0.29, 0.717) is 6.54 Å². The van der Waals surface area contributed by atoms with Crippen LogP contribution in [0.3, 0.4) is 0 Å². The summed E-state index contributed by atoms with van der Waals surface area (Å²) in [5.41, 5.74) is 4.41. The molecule has 0 amide bonds. The molecule has 1 aliphatic rings. The molecule has 3 heterocycles. The van der Waals surface area contributed by atoms with E-state index in [1.54, 1.807) is 0 Å². The number of hydrogen-bond acceptors (Lipinski definition) is 4. The van der Waals surface area contributed by atoms with Crippen LogP contribution in [0.25, 0.3) is 5.69 Å². The highest BCUT2D eigenvalue weighted by atomic mass is 15.4. The van der Waals surface area contributed by atoms with Gasteiger partial charge in [0.25, 0.3) is 0 Å².